The van der Waals surface area contributed by atoms with Crippen LogP contribution >= 0.6 is 0 Å². The molecular weight excluding hydrogens is 390 g/mol. The minimum Gasteiger partial charge on any atom is -0.379 e. The molecule has 2 N–H and O–H groups in total. The fourth-order valence-corrected chi connectivity index (χ4v) is 4.65. The molecule has 1 fully saturated rings. The molecule has 0 unspecified atom stereocenters. The highest BCUT2D eigenvalue weighted by Crippen LogP contribution is 2.21. The zero-order chi connectivity index (χ0) is 21.0. The number of ether oxygens (including phenoxy) is 1. The first-order chi connectivity index (χ1) is 13.8. The standard InChI is InChI=1S/C21H27N3O4S/c1-15-7-8-20(16(2)13-15)22-17(3)21(25)23-18-5-4-6-19(14-18)29(26,27)24-9-11-28-12-10-24/h4-8,13-14,17,22H,9-12H2,1-3H3,(H,23,25)/t17-/m0/s1. The van der Waals surface area contributed by atoms with Gasteiger partial charge in [-0.15, -0.1) is 0 Å². The van der Waals surface area contributed by atoms with Crippen molar-refractivity contribution in [3.05, 3.63) is 53.6 Å². The van der Waals surface area contributed by atoms with E-state index < -0.39 is 16.1 Å². The maximum absolute atomic E-state index is 12.8. The highest BCUT2D eigenvalue weighted by molar-refractivity contribution is 7.89. The van der Waals surface area contributed by atoms with E-state index in [1.165, 1.54) is 16.4 Å². The highest BCUT2D eigenvalue weighted by Gasteiger charge is 2.26. The number of anilines is 2. The van der Waals surface area contributed by atoms with E-state index in [1.807, 2.05) is 32.0 Å². The number of carbonyl (C=O) groups is 1. The van der Waals surface area contributed by atoms with Crippen molar-refractivity contribution in [3.8, 4) is 0 Å². The molecule has 8 heteroatoms. The van der Waals surface area contributed by atoms with Gasteiger partial charge in [-0.25, -0.2) is 8.42 Å². The van der Waals surface area contributed by atoms with E-state index in [4.69, 9.17) is 4.74 Å². The second-order valence-corrected chi connectivity index (χ2v) is 9.16. The predicted molar refractivity (Wildman–Crippen MR) is 114 cm³/mol. The maximum Gasteiger partial charge on any atom is 0.246 e. The fraction of sp³-hybridized carbons (Fsp3) is 0.381. The molecule has 1 heterocycles. The summed E-state index contributed by atoms with van der Waals surface area (Å²) in [5.41, 5.74) is 3.55. The van der Waals surface area contributed by atoms with Gasteiger partial charge in [0.15, 0.2) is 0 Å². The molecule has 156 valence electrons. The van der Waals surface area contributed by atoms with Crippen molar-refractivity contribution in [2.75, 3.05) is 36.9 Å². The number of morpholine rings is 1. The molecular formula is C21H27N3O4S. The summed E-state index contributed by atoms with van der Waals surface area (Å²) in [7, 11) is -3.61. The first-order valence-electron chi connectivity index (χ1n) is 9.60. The molecule has 0 spiro atoms. The van der Waals surface area contributed by atoms with Gasteiger partial charge in [0.25, 0.3) is 0 Å². The SMILES string of the molecule is Cc1ccc(N[C@@H](C)C(=O)Nc2cccc(S(=O)(=O)N3CCOCC3)c2)c(C)c1. The molecule has 1 atom stereocenters. The van der Waals surface area contributed by atoms with Gasteiger partial charge < -0.3 is 15.4 Å². The molecule has 0 bridgehead atoms. The summed E-state index contributed by atoms with van der Waals surface area (Å²) in [4.78, 5) is 12.8. The monoisotopic (exact) mass is 417 g/mol. The molecule has 1 saturated heterocycles. The summed E-state index contributed by atoms with van der Waals surface area (Å²) >= 11 is 0. The number of amides is 1. The molecule has 2 aromatic rings. The summed E-state index contributed by atoms with van der Waals surface area (Å²) in [5, 5.41) is 6.00. The molecule has 2 aromatic carbocycles. The van der Waals surface area contributed by atoms with Crippen LogP contribution in [0.2, 0.25) is 0 Å². The van der Waals surface area contributed by atoms with Gasteiger partial charge in [-0.05, 0) is 50.6 Å². The zero-order valence-electron chi connectivity index (χ0n) is 16.9. The zero-order valence-corrected chi connectivity index (χ0v) is 17.8. The van der Waals surface area contributed by atoms with Gasteiger partial charge in [-0.1, -0.05) is 23.8 Å². The molecule has 29 heavy (non-hydrogen) atoms. The Hall–Kier alpha value is -2.42. The second-order valence-electron chi connectivity index (χ2n) is 7.22. The number of hydrogen-bond donors (Lipinski definition) is 2. The Balaban J connectivity index is 1.69. The minimum absolute atomic E-state index is 0.159. The molecule has 7 nitrogen and oxygen atoms in total. The Kier molecular flexibility index (Phi) is 6.56. The number of nitrogens with zero attached hydrogens (tertiary/aromatic N) is 1. The second kappa shape index (κ2) is 8.94. The van der Waals surface area contributed by atoms with Crippen LogP contribution in [0.3, 0.4) is 0 Å². The molecule has 0 aliphatic carbocycles. The van der Waals surface area contributed by atoms with Gasteiger partial charge >= 0.3 is 0 Å². The number of sulfonamides is 1. The maximum atomic E-state index is 12.8. The van der Waals surface area contributed by atoms with Crippen LogP contribution in [0.25, 0.3) is 0 Å². The average Bonchev–Trinajstić information content (AvgIpc) is 2.71. The molecule has 1 amide bonds. The lowest BCUT2D eigenvalue weighted by atomic mass is 10.1. The molecule has 1 aliphatic heterocycles. The van der Waals surface area contributed by atoms with Gasteiger partial charge in [0.2, 0.25) is 15.9 Å². The molecule has 0 aromatic heterocycles. The Morgan fingerprint density at radius 3 is 2.52 bits per heavy atom. The van der Waals surface area contributed by atoms with Crippen molar-refractivity contribution < 1.29 is 17.9 Å². The van der Waals surface area contributed by atoms with Gasteiger partial charge in [-0.2, -0.15) is 4.31 Å². The number of hydrogen-bond acceptors (Lipinski definition) is 5. The van der Waals surface area contributed by atoms with Crippen molar-refractivity contribution in [1.82, 2.24) is 4.31 Å². The lowest BCUT2D eigenvalue weighted by Crippen LogP contribution is -2.40. The highest BCUT2D eigenvalue weighted by atomic mass is 32.2. The number of benzene rings is 2. The Labute approximate surface area is 172 Å². The third-order valence-electron chi connectivity index (χ3n) is 4.86. The largest absolute Gasteiger partial charge is 0.379 e. The van der Waals surface area contributed by atoms with E-state index in [9.17, 15) is 13.2 Å². The Bertz CT molecular complexity index is 985. The number of aryl methyl sites for hydroxylation is 2. The van der Waals surface area contributed by atoms with Crippen LogP contribution in [0, 0.1) is 13.8 Å². The van der Waals surface area contributed by atoms with Crippen molar-refractivity contribution in [3.63, 3.8) is 0 Å². The lowest BCUT2D eigenvalue weighted by Gasteiger charge is -2.26. The van der Waals surface area contributed by atoms with Crippen LogP contribution in [-0.4, -0.2) is 51.0 Å². The van der Waals surface area contributed by atoms with Gasteiger partial charge in [0, 0.05) is 24.5 Å². The van der Waals surface area contributed by atoms with Crippen LogP contribution in [0.15, 0.2) is 47.4 Å². The molecule has 3 rings (SSSR count). The van der Waals surface area contributed by atoms with Crippen molar-refractivity contribution >= 4 is 27.3 Å². The normalized spacial score (nSPS) is 16.2. The van der Waals surface area contributed by atoms with Crippen LogP contribution < -0.4 is 10.6 Å². The van der Waals surface area contributed by atoms with Crippen LogP contribution in [-0.2, 0) is 19.6 Å². The molecule has 1 aliphatic rings. The number of carbonyl (C=O) groups excluding carboxylic acids is 1. The predicted octanol–water partition coefficient (Wildman–Crippen LogP) is 2.76. The topological polar surface area (TPSA) is 87.7 Å². The van der Waals surface area contributed by atoms with Crippen LogP contribution in [0.4, 0.5) is 11.4 Å². The first kappa shape index (κ1) is 21.3. The smallest absolute Gasteiger partial charge is 0.246 e. The number of rotatable bonds is 6. The van der Waals surface area contributed by atoms with Crippen molar-refractivity contribution in [2.24, 2.45) is 0 Å². The van der Waals surface area contributed by atoms with E-state index in [1.54, 1.807) is 19.1 Å². The van der Waals surface area contributed by atoms with E-state index in [-0.39, 0.29) is 10.8 Å². The first-order valence-corrected chi connectivity index (χ1v) is 11.0. The third-order valence-corrected chi connectivity index (χ3v) is 6.75. The number of nitrogens with one attached hydrogen (secondary N) is 2. The van der Waals surface area contributed by atoms with E-state index in [2.05, 4.69) is 10.6 Å². The summed E-state index contributed by atoms with van der Waals surface area (Å²) in [6, 6.07) is 11.8. The minimum atomic E-state index is -3.61. The van der Waals surface area contributed by atoms with Crippen molar-refractivity contribution in [1.29, 1.82) is 0 Å². The van der Waals surface area contributed by atoms with E-state index in [0.717, 1.165) is 16.8 Å². The average molecular weight is 418 g/mol. The Morgan fingerprint density at radius 2 is 1.83 bits per heavy atom. The summed E-state index contributed by atoms with van der Waals surface area (Å²) in [6.07, 6.45) is 0. The quantitative estimate of drug-likeness (QED) is 0.755. The van der Waals surface area contributed by atoms with Crippen LogP contribution in [0.5, 0.6) is 0 Å². The lowest BCUT2D eigenvalue weighted by molar-refractivity contribution is -0.116. The molecule has 0 saturated carbocycles. The Morgan fingerprint density at radius 1 is 1.10 bits per heavy atom. The van der Waals surface area contributed by atoms with Gasteiger partial charge in [0.1, 0.15) is 6.04 Å². The molecule has 0 radical (unpaired) electrons. The van der Waals surface area contributed by atoms with E-state index >= 15 is 0 Å². The van der Waals surface area contributed by atoms with E-state index in [0.29, 0.717) is 32.0 Å². The summed E-state index contributed by atoms with van der Waals surface area (Å²) in [6.45, 7) is 7.20. The van der Waals surface area contributed by atoms with Crippen molar-refractivity contribution in [2.45, 2.75) is 31.7 Å². The van der Waals surface area contributed by atoms with Gasteiger partial charge in [-0.3, -0.25) is 4.79 Å². The van der Waals surface area contributed by atoms with Gasteiger partial charge in [0.05, 0.1) is 18.1 Å². The van der Waals surface area contributed by atoms with Crippen LogP contribution in [0.1, 0.15) is 18.1 Å². The summed E-state index contributed by atoms with van der Waals surface area (Å²) in [5.74, 6) is -0.245. The fourth-order valence-electron chi connectivity index (χ4n) is 3.20. The summed E-state index contributed by atoms with van der Waals surface area (Å²) < 4.78 is 32.3. The third kappa shape index (κ3) is 5.14.